The number of Topliss-reactive ketones (excluding diaryl/α,β-unsaturated/α-hetero) is 2. The first-order valence-corrected chi connectivity index (χ1v) is 8.44. The minimum absolute atomic E-state index is 0.0327. The van der Waals surface area contributed by atoms with Crippen LogP contribution >= 0.6 is 0 Å². The Morgan fingerprint density at radius 1 is 1.16 bits per heavy atom. The third kappa shape index (κ3) is 2.95. The van der Waals surface area contributed by atoms with Crippen LogP contribution in [0.1, 0.15) is 44.6 Å². The van der Waals surface area contributed by atoms with E-state index in [9.17, 15) is 9.59 Å². The standard InChI is InChI=1S/C20H23NO4/c1-11-18(12(2)22)19(20-14(21-11)6-5-7-15(20)23)13-8-9-16(24-3)17(10-13)25-4/h8-10,19,21H,5-7H2,1-4H3. The zero-order valence-corrected chi connectivity index (χ0v) is 15.1. The molecule has 0 amide bonds. The van der Waals surface area contributed by atoms with Gasteiger partial charge in [-0.3, -0.25) is 9.59 Å². The van der Waals surface area contributed by atoms with Gasteiger partial charge in [0.15, 0.2) is 23.1 Å². The van der Waals surface area contributed by atoms with Crippen molar-refractivity contribution in [2.24, 2.45) is 0 Å². The van der Waals surface area contributed by atoms with Gasteiger partial charge in [-0.15, -0.1) is 0 Å². The van der Waals surface area contributed by atoms with Crippen molar-refractivity contribution in [3.8, 4) is 11.5 Å². The van der Waals surface area contributed by atoms with Gasteiger partial charge in [-0.2, -0.15) is 0 Å². The molecule has 132 valence electrons. The van der Waals surface area contributed by atoms with Crippen LogP contribution < -0.4 is 14.8 Å². The third-order valence-electron chi connectivity index (χ3n) is 4.90. The number of dihydropyridines is 1. The molecule has 0 saturated heterocycles. The highest BCUT2D eigenvalue weighted by Gasteiger charge is 2.37. The Hall–Kier alpha value is -2.56. The lowest BCUT2D eigenvalue weighted by atomic mass is 9.74. The number of carbonyl (C=O) groups excluding carboxylic acids is 2. The van der Waals surface area contributed by atoms with Crippen molar-refractivity contribution >= 4 is 11.6 Å². The van der Waals surface area contributed by atoms with E-state index in [2.05, 4.69) is 5.32 Å². The van der Waals surface area contributed by atoms with E-state index in [-0.39, 0.29) is 17.5 Å². The maximum absolute atomic E-state index is 12.7. The van der Waals surface area contributed by atoms with Crippen LogP contribution in [0, 0.1) is 0 Å². The molecule has 2 aliphatic rings. The van der Waals surface area contributed by atoms with E-state index in [0.717, 1.165) is 29.8 Å². The average molecular weight is 341 g/mol. The molecule has 3 rings (SSSR count). The van der Waals surface area contributed by atoms with Gasteiger partial charge >= 0.3 is 0 Å². The largest absolute Gasteiger partial charge is 0.493 e. The highest BCUT2D eigenvalue weighted by atomic mass is 16.5. The summed E-state index contributed by atoms with van der Waals surface area (Å²) in [5.74, 6) is 0.926. The number of carbonyl (C=O) groups is 2. The first-order chi connectivity index (χ1) is 12.0. The first kappa shape index (κ1) is 17.3. The maximum atomic E-state index is 12.7. The number of ether oxygens (including phenoxy) is 2. The Balaban J connectivity index is 2.20. The van der Waals surface area contributed by atoms with Gasteiger partial charge in [-0.1, -0.05) is 6.07 Å². The molecule has 0 fully saturated rings. The lowest BCUT2D eigenvalue weighted by Gasteiger charge is -2.34. The number of hydrogen-bond donors (Lipinski definition) is 1. The van der Waals surface area contributed by atoms with Gasteiger partial charge in [0.05, 0.1) is 14.2 Å². The van der Waals surface area contributed by atoms with E-state index in [0.29, 0.717) is 29.1 Å². The number of rotatable bonds is 4. The van der Waals surface area contributed by atoms with Crippen molar-refractivity contribution in [3.05, 3.63) is 46.3 Å². The number of ketones is 2. The van der Waals surface area contributed by atoms with Crippen LogP contribution in [-0.2, 0) is 9.59 Å². The molecule has 5 heteroatoms. The molecule has 1 N–H and O–H groups in total. The molecule has 1 aliphatic carbocycles. The van der Waals surface area contributed by atoms with Crippen LogP contribution in [-0.4, -0.2) is 25.8 Å². The topological polar surface area (TPSA) is 64.6 Å². The highest BCUT2D eigenvalue weighted by Crippen LogP contribution is 2.44. The number of methoxy groups -OCH3 is 2. The van der Waals surface area contributed by atoms with Crippen molar-refractivity contribution in [3.63, 3.8) is 0 Å². The van der Waals surface area contributed by atoms with Crippen molar-refractivity contribution in [1.29, 1.82) is 0 Å². The van der Waals surface area contributed by atoms with E-state index < -0.39 is 0 Å². The fourth-order valence-electron chi connectivity index (χ4n) is 3.82. The Morgan fingerprint density at radius 3 is 2.52 bits per heavy atom. The summed E-state index contributed by atoms with van der Waals surface area (Å²) in [6.07, 6.45) is 2.19. The molecule has 0 radical (unpaired) electrons. The number of nitrogens with one attached hydrogen (secondary N) is 1. The van der Waals surface area contributed by atoms with Crippen LogP contribution in [0.2, 0.25) is 0 Å². The van der Waals surface area contributed by atoms with Crippen LogP contribution in [0.4, 0.5) is 0 Å². The number of hydrogen-bond acceptors (Lipinski definition) is 5. The quantitative estimate of drug-likeness (QED) is 0.911. The van der Waals surface area contributed by atoms with E-state index in [1.165, 1.54) is 0 Å². The molecular formula is C20H23NO4. The molecule has 1 atom stereocenters. The van der Waals surface area contributed by atoms with Gasteiger partial charge in [0.25, 0.3) is 0 Å². The Labute approximate surface area is 147 Å². The summed E-state index contributed by atoms with van der Waals surface area (Å²) in [7, 11) is 3.16. The average Bonchev–Trinajstić information content (AvgIpc) is 2.59. The summed E-state index contributed by atoms with van der Waals surface area (Å²) in [6, 6.07) is 5.58. The van der Waals surface area contributed by atoms with E-state index in [1.54, 1.807) is 21.1 Å². The third-order valence-corrected chi connectivity index (χ3v) is 4.90. The second-order valence-corrected chi connectivity index (χ2v) is 6.44. The smallest absolute Gasteiger partial charge is 0.161 e. The SMILES string of the molecule is COc1ccc(C2C(C(C)=O)=C(C)NC3=C2C(=O)CCC3)cc1OC. The molecule has 1 heterocycles. The lowest BCUT2D eigenvalue weighted by molar-refractivity contribution is -0.116. The molecule has 0 saturated carbocycles. The maximum Gasteiger partial charge on any atom is 0.161 e. The van der Waals surface area contributed by atoms with Gasteiger partial charge in [0, 0.05) is 34.9 Å². The summed E-state index contributed by atoms with van der Waals surface area (Å²) in [5.41, 5.74) is 3.99. The summed E-state index contributed by atoms with van der Waals surface area (Å²) < 4.78 is 10.7. The molecule has 1 aromatic rings. The highest BCUT2D eigenvalue weighted by molar-refractivity contribution is 6.05. The predicted octanol–water partition coefficient (Wildman–Crippen LogP) is 3.26. The molecule has 1 aromatic carbocycles. The molecule has 0 bridgehead atoms. The van der Waals surface area contributed by atoms with E-state index in [4.69, 9.17) is 9.47 Å². The molecule has 25 heavy (non-hydrogen) atoms. The normalized spacial score (nSPS) is 20.2. The molecule has 1 unspecified atom stereocenters. The molecular weight excluding hydrogens is 318 g/mol. The van der Waals surface area contributed by atoms with Crippen LogP contribution in [0.3, 0.4) is 0 Å². The van der Waals surface area contributed by atoms with Gasteiger partial charge in [0.2, 0.25) is 0 Å². The van der Waals surface area contributed by atoms with E-state index in [1.807, 2.05) is 25.1 Å². The summed E-state index contributed by atoms with van der Waals surface area (Å²) >= 11 is 0. The second-order valence-electron chi connectivity index (χ2n) is 6.44. The van der Waals surface area contributed by atoms with Gasteiger partial charge < -0.3 is 14.8 Å². The molecule has 0 aromatic heterocycles. The van der Waals surface area contributed by atoms with Crippen LogP contribution in [0.25, 0.3) is 0 Å². The van der Waals surface area contributed by atoms with Crippen molar-refractivity contribution in [2.45, 2.75) is 39.0 Å². The second kappa shape index (κ2) is 6.75. The Kier molecular flexibility index (Phi) is 4.66. The van der Waals surface area contributed by atoms with E-state index >= 15 is 0 Å². The number of allylic oxidation sites excluding steroid dienone is 4. The summed E-state index contributed by atoms with van der Waals surface area (Å²) in [5, 5.41) is 3.29. The Bertz CT molecular complexity index is 804. The predicted molar refractivity (Wildman–Crippen MR) is 94.7 cm³/mol. The molecule has 1 aliphatic heterocycles. The summed E-state index contributed by atoms with van der Waals surface area (Å²) in [4.78, 5) is 25.0. The van der Waals surface area contributed by atoms with Gasteiger partial charge in [-0.25, -0.2) is 0 Å². The molecule has 5 nitrogen and oxygen atoms in total. The van der Waals surface area contributed by atoms with Crippen molar-refractivity contribution in [1.82, 2.24) is 5.32 Å². The van der Waals surface area contributed by atoms with Crippen molar-refractivity contribution in [2.75, 3.05) is 14.2 Å². The number of benzene rings is 1. The Morgan fingerprint density at radius 2 is 1.88 bits per heavy atom. The van der Waals surface area contributed by atoms with Crippen molar-refractivity contribution < 1.29 is 19.1 Å². The first-order valence-electron chi connectivity index (χ1n) is 8.44. The molecule has 0 spiro atoms. The fourth-order valence-corrected chi connectivity index (χ4v) is 3.82. The lowest BCUT2D eigenvalue weighted by Crippen LogP contribution is -2.33. The fraction of sp³-hybridized carbons (Fsp3) is 0.400. The summed E-state index contributed by atoms with van der Waals surface area (Å²) in [6.45, 7) is 3.44. The minimum atomic E-state index is -0.360. The zero-order valence-electron chi connectivity index (χ0n) is 15.1. The minimum Gasteiger partial charge on any atom is -0.493 e. The monoisotopic (exact) mass is 341 g/mol. The zero-order chi connectivity index (χ0) is 18.1. The van der Waals surface area contributed by atoms with Crippen LogP contribution in [0.15, 0.2) is 40.7 Å². The van der Waals surface area contributed by atoms with Crippen LogP contribution in [0.5, 0.6) is 11.5 Å². The van der Waals surface area contributed by atoms with Gasteiger partial charge in [0.1, 0.15) is 0 Å². The van der Waals surface area contributed by atoms with Gasteiger partial charge in [-0.05, 0) is 44.4 Å².